The quantitative estimate of drug-likeness (QED) is 0.655. The van der Waals surface area contributed by atoms with Crippen LogP contribution in [0.4, 0.5) is 14.5 Å². The Labute approximate surface area is 175 Å². The molecular formula is C22H26F2N6. The van der Waals surface area contributed by atoms with Crippen molar-refractivity contribution in [3.05, 3.63) is 71.6 Å². The topological polar surface area (TPSA) is 50.1 Å². The second kappa shape index (κ2) is 8.10. The summed E-state index contributed by atoms with van der Waals surface area (Å²) in [6.07, 6.45) is 0. The van der Waals surface area contributed by atoms with Crippen LogP contribution < -0.4 is 4.90 Å². The molecule has 2 aromatic carbocycles. The number of benzene rings is 2. The molecule has 0 bridgehead atoms. The summed E-state index contributed by atoms with van der Waals surface area (Å²) in [7, 11) is 0. The summed E-state index contributed by atoms with van der Waals surface area (Å²) in [6, 6.07) is 13.1. The fourth-order valence-corrected chi connectivity index (χ4v) is 3.94. The van der Waals surface area contributed by atoms with E-state index in [1.807, 2.05) is 37.6 Å². The number of tetrazole rings is 1. The summed E-state index contributed by atoms with van der Waals surface area (Å²) >= 11 is 0. The standard InChI is InChI=1S/C22H26F2N6/c1-22(2,3)30-21(25-26-27-30)20(16-8-10-17(23)11-9-16)29-14-12-28(13-15-29)19-7-5-4-6-18(19)24/h4-11,20H,12-15H2,1-3H3/t20-/m0/s1. The number of para-hydroxylation sites is 1. The summed E-state index contributed by atoms with van der Waals surface area (Å²) < 4.78 is 29.6. The van der Waals surface area contributed by atoms with Gasteiger partial charge in [0, 0.05) is 26.2 Å². The molecule has 3 aromatic rings. The van der Waals surface area contributed by atoms with Crippen LogP contribution in [0.1, 0.15) is 38.2 Å². The number of piperazine rings is 1. The van der Waals surface area contributed by atoms with Crippen molar-refractivity contribution in [1.82, 2.24) is 25.1 Å². The van der Waals surface area contributed by atoms with Gasteiger partial charge in [0.1, 0.15) is 11.6 Å². The van der Waals surface area contributed by atoms with Crippen LogP contribution in [0.3, 0.4) is 0 Å². The minimum Gasteiger partial charge on any atom is -0.367 e. The van der Waals surface area contributed by atoms with Crippen LogP contribution in [0.15, 0.2) is 48.5 Å². The average molecular weight is 412 g/mol. The molecule has 1 saturated heterocycles. The Morgan fingerprint density at radius 1 is 0.900 bits per heavy atom. The molecule has 158 valence electrons. The molecule has 0 N–H and O–H groups in total. The molecule has 0 saturated carbocycles. The largest absolute Gasteiger partial charge is 0.367 e. The van der Waals surface area contributed by atoms with E-state index >= 15 is 0 Å². The third-order valence-corrected chi connectivity index (χ3v) is 5.43. The molecule has 1 aliphatic heterocycles. The lowest BCUT2D eigenvalue weighted by atomic mass is 10.0. The molecule has 6 nitrogen and oxygen atoms in total. The number of anilines is 1. The van der Waals surface area contributed by atoms with E-state index < -0.39 is 0 Å². The van der Waals surface area contributed by atoms with Gasteiger partial charge in [-0.1, -0.05) is 24.3 Å². The van der Waals surface area contributed by atoms with Gasteiger partial charge in [-0.2, -0.15) is 0 Å². The fraction of sp³-hybridized carbons (Fsp3) is 0.409. The first kappa shape index (κ1) is 20.4. The number of rotatable bonds is 4. The number of nitrogens with zero attached hydrogens (tertiary/aromatic N) is 6. The van der Waals surface area contributed by atoms with E-state index in [0.29, 0.717) is 37.7 Å². The summed E-state index contributed by atoms with van der Waals surface area (Å²) in [5.74, 6) is 0.225. The molecule has 0 amide bonds. The highest BCUT2D eigenvalue weighted by molar-refractivity contribution is 5.48. The molecule has 1 atom stereocenters. The van der Waals surface area contributed by atoms with Crippen molar-refractivity contribution < 1.29 is 8.78 Å². The SMILES string of the molecule is CC(C)(C)n1nnnc1[C@H](c1ccc(F)cc1)N1CCN(c2ccccc2F)CC1. The summed E-state index contributed by atoms with van der Waals surface area (Å²) in [5, 5.41) is 12.5. The zero-order chi connectivity index (χ0) is 21.3. The van der Waals surface area contributed by atoms with Gasteiger partial charge in [-0.3, -0.25) is 4.90 Å². The molecule has 30 heavy (non-hydrogen) atoms. The van der Waals surface area contributed by atoms with Crippen molar-refractivity contribution in [2.75, 3.05) is 31.1 Å². The average Bonchev–Trinajstić information content (AvgIpc) is 3.21. The van der Waals surface area contributed by atoms with Gasteiger partial charge >= 0.3 is 0 Å². The second-order valence-electron chi connectivity index (χ2n) is 8.55. The molecule has 0 radical (unpaired) electrons. The molecule has 1 aromatic heterocycles. The van der Waals surface area contributed by atoms with Crippen LogP contribution in [-0.4, -0.2) is 51.3 Å². The first-order valence-corrected chi connectivity index (χ1v) is 10.1. The van der Waals surface area contributed by atoms with Gasteiger partial charge in [0.15, 0.2) is 5.82 Å². The Morgan fingerprint density at radius 2 is 1.57 bits per heavy atom. The van der Waals surface area contributed by atoms with Crippen LogP contribution in [-0.2, 0) is 5.54 Å². The monoisotopic (exact) mass is 412 g/mol. The molecule has 2 heterocycles. The van der Waals surface area contributed by atoms with E-state index in [4.69, 9.17) is 0 Å². The van der Waals surface area contributed by atoms with E-state index in [2.05, 4.69) is 25.3 Å². The first-order chi connectivity index (χ1) is 14.3. The Morgan fingerprint density at radius 3 is 2.20 bits per heavy atom. The van der Waals surface area contributed by atoms with Crippen LogP contribution in [0.5, 0.6) is 0 Å². The highest BCUT2D eigenvalue weighted by Gasteiger charge is 2.33. The molecule has 0 unspecified atom stereocenters. The Bertz CT molecular complexity index is 987. The van der Waals surface area contributed by atoms with Crippen molar-refractivity contribution in [2.24, 2.45) is 0 Å². The van der Waals surface area contributed by atoms with Gasteiger partial charge in [0.05, 0.1) is 17.3 Å². The number of hydrogen-bond acceptors (Lipinski definition) is 5. The molecular weight excluding hydrogens is 386 g/mol. The Kier molecular flexibility index (Phi) is 5.51. The minimum atomic E-state index is -0.300. The molecule has 1 aliphatic rings. The summed E-state index contributed by atoms with van der Waals surface area (Å²) in [4.78, 5) is 4.33. The lowest BCUT2D eigenvalue weighted by Crippen LogP contribution is -2.49. The highest BCUT2D eigenvalue weighted by atomic mass is 19.1. The predicted molar refractivity (Wildman–Crippen MR) is 111 cm³/mol. The lowest BCUT2D eigenvalue weighted by Gasteiger charge is -2.40. The zero-order valence-electron chi connectivity index (χ0n) is 17.5. The normalized spacial score (nSPS) is 16.6. The number of aromatic nitrogens is 4. The van der Waals surface area contributed by atoms with E-state index in [0.717, 1.165) is 5.56 Å². The van der Waals surface area contributed by atoms with E-state index in [1.165, 1.54) is 18.2 Å². The number of hydrogen-bond donors (Lipinski definition) is 0. The lowest BCUT2D eigenvalue weighted by molar-refractivity contribution is 0.191. The van der Waals surface area contributed by atoms with Crippen LogP contribution >= 0.6 is 0 Å². The Hall–Kier alpha value is -2.87. The summed E-state index contributed by atoms with van der Waals surface area (Å²) in [5.41, 5.74) is 1.25. The van der Waals surface area contributed by atoms with Crippen molar-refractivity contribution >= 4 is 5.69 Å². The van der Waals surface area contributed by atoms with Crippen LogP contribution in [0.25, 0.3) is 0 Å². The maximum atomic E-state index is 14.2. The van der Waals surface area contributed by atoms with Crippen molar-refractivity contribution in [3.63, 3.8) is 0 Å². The van der Waals surface area contributed by atoms with E-state index in [1.54, 1.807) is 18.2 Å². The minimum absolute atomic E-state index is 0.210. The molecule has 0 aliphatic carbocycles. The molecule has 1 fully saturated rings. The van der Waals surface area contributed by atoms with Gasteiger partial charge < -0.3 is 4.90 Å². The third-order valence-electron chi connectivity index (χ3n) is 5.43. The van der Waals surface area contributed by atoms with Crippen molar-refractivity contribution in [2.45, 2.75) is 32.4 Å². The maximum Gasteiger partial charge on any atom is 0.173 e. The van der Waals surface area contributed by atoms with Gasteiger partial charge in [0.2, 0.25) is 0 Å². The molecule has 4 rings (SSSR count). The zero-order valence-corrected chi connectivity index (χ0v) is 17.5. The van der Waals surface area contributed by atoms with Crippen LogP contribution in [0, 0.1) is 11.6 Å². The van der Waals surface area contributed by atoms with Gasteiger partial charge in [-0.15, -0.1) is 5.10 Å². The van der Waals surface area contributed by atoms with Crippen molar-refractivity contribution in [1.29, 1.82) is 0 Å². The van der Waals surface area contributed by atoms with Gasteiger partial charge in [-0.25, -0.2) is 13.5 Å². The smallest absolute Gasteiger partial charge is 0.173 e. The Balaban J connectivity index is 1.64. The van der Waals surface area contributed by atoms with Gasteiger partial charge in [-0.05, 0) is 61.0 Å². The van der Waals surface area contributed by atoms with E-state index in [-0.39, 0.29) is 23.2 Å². The second-order valence-corrected chi connectivity index (χ2v) is 8.55. The maximum absolute atomic E-state index is 14.2. The first-order valence-electron chi connectivity index (χ1n) is 10.1. The third kappa shape index (κ3) is 4.05. The fourth-order valence-electron chi connectivity index (χ4n) is 3.94. The number of halogens is 2. The molecule has 8 heteroatoms. The van der Waals surface area contributed by atoms with Gasteiger partial charge in [0.25, 0.3) is 0 Å². The summed E-state index contributed by atoms with van der Waals surface area (Å²) in [6.45, 7) is 8.90. The van der Waals surface area contributed by atoms with Crippen LogP contribution in [0.2, 0.25) is 0 Å². The highest BCUT2D eigenvalue weighted by Crippen LogP contribution is 2.31. The van der Waals surface area contributed by atoms with E-state index in [9.17, 15) is 8.78 Å². The van der Waals surface area contributed by atoms with Crippen molar-refractivity contribution in [3.8, 4) is 0 Å². The molecule has 0 spiro atoms. The predicted octanol–water partition coefficient (Wildman–Crippen LogP) is 3.62.